The largest absolute Gasteiger partial charge is 0.480 e. The standard InChI is InChI=1S/C34H68NO9P/c1-3-5-7-9-11-13-14-15-16-17-18-19-20-22-24-26-33(36)44-31(28-41-27-25-23-21-12-10-8-6-4-2)29-42-45(39,40)43-30-32(35)34(37)38/h31-32H,3-30,35H2,1-2H3,(H,37,38)(H,39,40). The zero-order valence-electron chi connectivity index (χ0n) is 28.7. The van der Waals surface area contributed by atoms with E-state index in [4.69, 9.17) is 24.8 Å². The van der Waals surface area contributed by atoms with Crippen LogP contribution in [-0.2, 0) is 32.7 Å². The molecule has 3 unspecified atom stereocenters. The Hall–Kier alpha value is -1.03. The van der Waals surface area contributed by atoms with Crippen LogP contribution in [0.15, 0.2) is 0 Å². The molecule has 4 N–H and O–H groups in total. The molecule has 11 heteroatoms. The van der Waals surface area contributed by atoms with Crippen molar-refractivity contribution in [1.82, 2.24) is 0 Å². The summed E-state index contributed by atoms with van der Waals surface area (Å²) in [7, 11) is -4.59. The lowest BCUT2D eigenvalue weighted by Gasteiger charge is -2.20. The normalized spacial score (nSPS) is 14.2. The number of phosphoric ester groups is 1. The highest BCUT2D eigenvalue weighted by atomic mass is 31.2. The zero-order chi connectivity index (χ0) is 33.4. The van der Waals surface area contributed by atoms with Gasteiger partial charge >= 0.3 is 19.8 Å². The quantitative estimate of drug-likeness (QED) is 0.0340. The summed E-state index contributed by atoms with van der Waals surface area (Å²) in [6.07, 6.45) is 27.3. The van der Waals surface area contributed by atoms with Crippen molar-refractivity contribution in [2.24, 2.45) is 5.73 Å². The van der Waals surface area contributed by atoms with E-state index < -0.39 is 45.1 Å². The van der Waals surface area contributed by atoms with Gasteiger partial charge in [0.1, 0.15) is 12.1 Å². The minimum absolute atomic E-state index is 0.0235. The number of esters is 1. The molecule has 0 aliphatic rings. The summed E-state index contributed by atoms with van der Waals surface area (Å²) >= 11 is 0. The number of unbranched alkanes of at least 4 members (excludes halogenated alkanes) is 21. The number of carboxylic acid groups (broad SMARTS) is 1. The van der Waals surface area contributed by atoms with E-state index in [1.807, 2.05) is 0 Å². The number of nitrogens with two attached hydrogens (primary N) is 1. The fourth-order valence-corrected chi connectivity index (χ4v) is 5.79. The molecule has 0 aromatic rings. The van der Waals surface area contributed by atoms with Crippen molar-refractivity contribution in [3.05, 3.63) is 0 Å². The number of aliphatic carboxylic acids is 1. The number of carbonyl (C=O) groups excluding carboxylic acids is 1. The molecule has 0 aromatic carbocycles. The summed E-state index contributed by atoms with van der Waals surface area (Å²) in [5, 5.41) is 8.83. The fraction of sp³-hybridized carbons (Fsp3) is 0.941. The number of carbonyl (C=O) groups is 2. The number of carboxylic acids is 1. The molecule has 45 heavy (non-hydrogen) atoms. The first-order valence-corrected chi connectivity index (χ1v) is 19.6. The van der Waals surface area contributed by atoms with E-state index in [1.54, 1.807) is 0 Å². The maximum atomic E-state index is 12.5. The number of ether oxygens (including phenoxy) is 2. The summed E-state index contributed by atoms with van der Waals surface area (Å²) in [5.41, 5.74) is 5.32. The molecule has 0 heterocycles. The molecule has 0 aromatic heterocycles. The first kappa shape index (κ1) is 44.0. The summed E-state index contributed by atoms with van der Waals surface area (Å²) in [6, 6.07) is -1.47. The van der Waals surface area contributed by atoms with Gasteiger partial charge in [0.05, 0.1) is 19.8 Å². The molecular weight excluding hydrogens is 597 g/mol. The van der Waals surface area contributed by atoms with Crippen LogP contribution in [0.5, 0.6) is 0 Å². The summed E-state index contributed by atoms with van der Waals surface area (Å²) < 4.78 is 33.1. The number of phosphoric acid groups is 1. The predicted octanol–water partition coefficient (Wildman–Crippen LogP) is 8.86. The average Bonchev–Trinajstić information content (AvgIpc) is 3.01. The van der Waals surface area contributed by atoms with Crippen LogP contribution in [0, 0.1) is 0 Å². The van der Waals surface area contributed by atoms with Gasteiger partial charge in [0, 0.05) is 13.0 Å². The van der Waals surface area contributed by atoms with E-state index in [0.29, 0.717) is 6.61 Å². The summed E-state index contributed by atoms with van der Waals surface area (Å²) in [6.45, 7) is 3.86. The minimum Gasteiger partial charge on any atom is -0.480 e. The Morgan fingerprint density at radius 1 is 0.622 bits per heavy atom. The molecule has 0 aliphatic heterocycles. The van der Waals surface area contributed by atoms with E-state index in [2.05, 4.69) is 18.4 Å². The topological polar surface area (TPSA) is 155 Å². The monoisotopic (exact) mass is 665 g/mol. The third-order valence-corrected chi connectivity index (χ3v) is 8.84. The highest BCUT2D eigenvalue weighted by Crippen LogP contribution is 2.43. The van der Waals surface area contributed by atoms with Gasteiger partial charge in [0.15, 0.2) is 0 Å². The first-order chi connectivity index (χ1) is 21.7. The van der Waals surface area contributed by atoms with Crippen LogP contribution in [0.2, 0.25) is 0 Å². The third-order valence-electron chi connectivity index (χ3n) is 7.89. The van der Waals surface area contributed by atoms with Crippen molar-refractivity contribution in [2.75, 3.05) is 26.4 Å². The van der Waals surface area contributed by atoms with Crippen molar-refractivity contribution in [3.63, 3.8) is 0 Å². The smallest absolute Gasteiger partial charge is 0.472 e. The van der Waals surface area contributed by atoms with Crippen LogP contribution in [0.4, 0.5) is 0 Å². The molecule has 3 atom stereocenters. The van der Waals surface area contributed by atoms with Crippen molar-refractivity contribution < 1.29 is 42.7 Å². The Morgan fingerprint density at radius 2 is 1.02 bits per heavy atom. The molecule has 268 valence electrons. The van der Waals surface area contributed by atoms with E-state index in [1.165, 1.54) is 109 Å². The van der Waals surface area contributed by atoms with Crippen molar-refractivity contribution in [2.45, 2.75) is 180 Å². The van der Waals surface area contributed by atoms with Crippen molar-refractivity contribution >= 4 is 19.8 Å². The van der Waals surface area contributed by atoms with Gasteiger partial charge in [-0.05, 0) is 12.8 Å². The minimum atomic E-state index is -4.59. The SMILES string of the molecule is CCCCCCCCCCCCCCCCCC(=O)OC(COCCCCCCCCCC)COP(=O)(O)OCC(N)C(=O)O. The third kappa shape index (κ3) is 31.3. The average molecular weight is 666 g/mol. The lowest BCUT2D eigenvalue weighted by Crippen LogP contribution is -2.34. The molecule has 0 bridgehead atoms. The molecule has 0 radical (unpaired) electrons. The van der Waals surface area contributed by atoms with E-state index in [0.717, 1.165) is 38.5 Å². The van der Waals surface area contributed by atoms with Gasteiger partial charge in [-0.2, -0.15) is 0 Å². The predicted molar refractivity (Wildman–Crippen MR) is 180 cm³/mol. The van der Waals surface area contributed by atoms with E-state index >= 15 is 0 Å². The second-order valence-electron chi connectivity index (χ2n) is 12.4. The summed E-state index contributed by atoms with van der Waals surface area (Å²) in [4.78, 5) is 33.2. The Bertz CT molecular complexity index is 740. The maximum absolute atomic E-state index is 12.5. The fourth-order valence-electron chi connectivity index (χ4n) is 5.01. The molecule has 10 nitrogen and oxygen atoms in total. The van der Waals surface area contributed by atoms with Crippen LogP contribution in [-0.4, -0.2) is 60.5 Å². The van der Waals surface area contributed by atoms with Crippen LogP contribution >= 0.6 is 7.82 Å². The van der Waals surface area contributed by atoms with Crippen LogP contribution in [0.3, 0.4) is 0 Å². The van der Waals surface area contributed by atoms with Crippen molar-refractivity contribution in [3.8, 4) is 0 Å². The molecule has 0 aliphatic carbocycles. The van der Waals surface area contributed by atoms with Gasteiger partial charge in [0.2, 0.25) is 0 Å². The Labute approximate surface area is 274 Å². The van der Waals surface area contributed by atoms with Crippen LogP contribution < -0.4 is 5.73 Å². The molecule has 0 rings (SSSR count). The van der Waals surface area contributed by atoms with Crippen molar-refractivity contribution in [1.29, 1.82) is 0 Å². The lowest BCUT2D eigenvalue weighted by atomic mass is 10.0. The molecule has 0 saturated heterocycles. The van der Waals surface area contributed by atoms with Gasteiger partial charge in [-0.15, -0.1) is 0 Å². The zero-order valence-corrected chi connectivity index (χ0v) is 29.6. The van der Waals surface area contributed by atoms with Gasteiger partial charge in [-0.3, -0.25) is 18.6 Å². The Kier molecular flexibility index (Phi) is 30.8. The second-order valence-corrected chi connectivity index (χ2v) is 13.8. The number of hydrogen-bond acceptors (Lipinski definition) is 8. The molecule has 0 fully saturated rings. The Morgan fingerprint density at radius 3 is 1.47 bits per heavy atom. The van der Waals surface area contributed by atoms with Crippen LogP contribution in [0.1, 0.15) is 168 Å². The van der Waals surface area contributed by atoms with Gasteiger partial charge < -0.3 is 25.2 Å². The first-order valence-electron chi connectivity index (χ1n) is 18.1. The van der Waals surface area contributed by atoms with Crippen LogP contribution in [0.25, 0.3) is 0 Å². The number of rotatable bonds is 35. The Balaban J connectivity index is 4.24. The molecule has 0 spiro atoms. The summed E-state index contributed by atoms with van der Waals surface area (Å²) in [5.74, 6) is -1.77. The lowest BCUT2D eigenvalue weighted by molar-refractivity contribution is -0.154. The maximum Gasteiger partial charge on any atom is 0.472 e. The van der Waals surface area contributed by atoms with Gasteiger partial charge in [-0.1, -0.05) is 149 Å². The molecular formula is C34H68NO9P. The van der Waals surface area contributed by atoms with E-state index in [-0.39, 0.29) is 13.0 Å². The van der Waals surface area contributed by atoms with Gasteiger partial charge in [0.25, 0.3) is 0 Å². The second kappa shape index (κ2) is 31.6. The number of hydrogen-bond donors (Lipinski definition) is 3. The van der Waals surface area contributed by atoms with Gasteiger partial charge in [-0.25, -0.2) is 4.57 Å². The molecule has 0 amide bonds. The highest BCUT2D eigenvalue weighted by Gasteiger charge is 2.27. The highest BCUT2D eigenvalue weighted by molar-refractivity contribution is 7.47. The van der Waals surface area contributed by atoms with E-state index in [9.17, 15) is 19.0 Å². The molecule has 0 saturated carbocycles.